The third-order valence-corrected chi connectivity index (χ3v) is 4.85. The number of aromatic amines is 1. The molecule has 0 saturated heterocycles. The van der Waals surface area contributed by atoms with E-state index in [1.807, 2.05) is 60.3 Å². The molecule has 3 heterocycles. The molecule has 0 aliphatic rings. The van der Waals surface area contributed by atoms with E-state index in [0.29, 0.717) is 16.5 Å². The highest BCUT2D eigenvalue weighted by atomic mass is 35.5. The summed E-state index contributed by atoms with van der Waals surface area (Å²) in [6.45, 7) is 3.74. The molecule has 1 aromatic carbocycles. The molecule has 0 spiro atoms. The van der Waals surface area contributed by atoms with Crippen LogP contribution in [0, 0.1) is 0 Å². The maximum Gasteiger partial charge on any atom is 0.250 e. The molecule has 4 aromatic rings. The largest absolute Gasteiger partial charge is 0.335 e. The molecule has 8 nitrogen and oxygen atoms in total. The lowest BCUT2D eigenvalue weighted by molar-refractivity contribution is -0.114. The Bertz CT molecular complexity index is 1230. The topological polar surface area (TPSA) is 92.6 Å². The van der Waals surface area contributed by atoms with Crippen LogP contribution in [0.5, 0.6) is 0 Å². The number of fused-ring (bicyclic) bond motifs is 1. The van der Waals surface area contributed by atoms with Crippen LogP contribution in [-0.4, -0.2) is 36.1 Å². The zero-order valence-electron chi connectivity index (χ0n) is 16.2. The van der Waals surface area contributed by atoms with Crippen molar-refractivity contribution in [3.63, 3.8) is 0 Å². The fourth-order valence-electron chi connectivity index (χ4n) is 3.12. The van der Waals surface area contributed by atoms with Crippen LogP contribution in [0.3, 0.4) is 0 Å². The van der Waals surface area contributed by atoms with E-state index in [9.17, 15) is 4.79 Å². The fraction of sp³-hybridized carbons (Fsp3) is 0.0952. The Morgan fingerprint density at radius 2 is 2.10 bits per heavy atom. The summed E-state index contributed by atoms with van der Waals surface area (Å²) in [5.74, 6) is 0.108. The van der Waals surface area contributed by atoms with E-state index in [-0.39, 0.29) is 12.5 Å². The monoisotopic (exact) mass is 419 g/mol. The Balaban J connectivity index is 1.73. The van der Waals surface area contributed by atoms with Crippen LogP contribution in [0.4, 0.5) is 5.69 Å². The van der Waals surface area contributed by atoms with Crippen LogP contribution in [0.1, 0.15) is 17.0 Å². The lowest BCUT2D eigenvalue weighted by atomic mass is 10.1. The lowest BCUT2D eigenvalue weighted by Crippen LogP contribution is -2.29. The van der Waals surface area contributed by atoms with Crippen molar-refractivity contribution in [1.29, 1.82) is 0 Å². The average molecular weight is 420 g/mol. The number of hydrogen-bond acceptors (Lipinski definition) is 5. The van der Waals surface area contributed by atoms with E-state index >= 15 is 0 Å². The molecular weight excluding hydrogens is 402 g/mol. The van der Waals surface area contributed by atoms with Gasteiger partial charge in [0, 0.05) is 29.2 Å². The predicted octanol–water partition coefficient (Wildman–Crippen LogP) is 3.63. The number of anilines is 1. The van der Waals surface area contributed by atoms with Gasteiger partial charge in [0.25, 0.3) is 5.91 Å². The Labute approximate surface area is 177 Å². The molecule has 0 unspecified atom stereocenters. The molecule has 9 heteroatoms. The van der Waals surface area contributed by atoms with Gasteiger partial charge in [-0.15, -0.1) is 10.2 Å². The molecule has 0 fully saturated rings. The summed E-state index contributed by atoms with van der Waals surface area (Å²) in [7, 11) is 1.93. The number of carbonyl (C=O) groups excluding carboxylic acids is 1. The predicted molar refractivity (Wildman–Crippen MR) is 117 cm³/mol. The van der Waals surface area contributed by atoms with E-state index in [1.165, 1.54) is 11.0 Å². The van der Waals surface area contributed by atoms with Crippen LogP contribution in [0.25, 0.3) is 23.2 Å². The minimum atomic E-state index is -0.282. The minimum absolute atomic E-state index is 0.150. The second-order valence-electron chi connectivity index (χ2n) is 6.60. The first-order chi connectivity index (χ1) is 14.5. The van der Waals surface area contributed by atoms with Gasteiger partial charge in [-0.05, 0) is 29.8 Å². The number of aromatic nitrogens is 6. The summed E-state index contributed by atoms with van der Waals surface area (Å²) >= 11 is 5.96. The number of tetrazole rings is 1. The smallest absolute Gasteiger partial charge is 0.250 e. The minimum Gasteiger partial charge on any atom is -0.335 e. The number of amides is 1. The molecule has 0 radical (unpaired) electrons. The van der Waals surface area contributed by atoms with Gasteiger partial charge < -0.3 is 4.57 Å². The molecule has 4 rings (SSSR count). The number of benzene rings is 1. The standard InChI is InChI=1S/C21H18ClN7O/c1-3-20(30)29(13-19-24-26-27-25-19)17-10-18-15(12-28(2)21(18)23-11-17)7-4-14-5-8-16(22)9-6-14/h3-12H,1,13H2,2H3,(H,24,25,26,27). The Hall–Kier alpha value is -3.78. The fourth-order valence-corrected chi connectivity index (χ4v) is 3.24. The second kappa shape index (κ2) is 8.30. The van der Waals surface area contributed by atoms with Gasteiger partial charge in [-0.3, -0.25) is 9.69 Å². The third-order valence-electron chi connectivity index (χ3n) is 4.60. The number of aryl methyl sites for hydroxylation is 1. The van der Waals surface area contributed by atoms with Gasteiger partial charge in [0.1, 0.15) is 5.65 Å². The zero-order valence-corrected chi connectivity index (χ0v) is 16.9. The number of rotatable bonds is 6. The SMILES string of the molecule is C=CC(=O)N(Cc1nn[nH]n1)c1cnc2c(c1)c(C=Cc1ccc(Cl)cc1)cn2C. The maximum absolute atomic E-state index is 12.5. The molecule has 0 saturated carbocycles. The molecule has 0 aliphatic carbocycles. The van der Waals surface area contributed by atoms with Crippen LogP contribution >= 0.6 is 11.6 Å². The van der Waals surface area contributed by atoms with Crippen molar-refractivity contribution >= 4 is 46.4 Å². The number of carbonyl (C=O) groups is 1. The molecule has 150 valence electrons. The van der Waals surface area contributed by atoms with Crippen LogP contribution in [0.15, 0.2) is 55.4 Å². The zero-order chi connectivity index (χ0) is 21.1. The van der Waals surface area contributed by atoms with E-state index in [4.69, 9.17) is 11.6 Å². The first-order valence-electron chi connectivity index (χ1n) is 9.10. The third kappa shape index (κ3) is 3.99. The van der Waals surface area contributed by atoms with Gasteiger partial charge >= 0.3 is 0 Å². The maximum atomic E-state index is 12.5. The quantitative estimate of drug-likeness (QED) is 0.482. The van der Waals surface area contributed by atoms with E-state index in [0.717, 1.165) is 22.2 Å². The summed E-state index contributed by atoms with van der Waals surface area (Å²) in [5, 5.41) is 15.4. The highest BCUT2D eigenvalue weighted by Crippen LogP contribution is 2.27. The summed E-state index contributed by atoms with van der Waals surface area (Å²) in [5.41, 5.74) is 3.42. The van der Waals surface area contributed by atoms with Crippen molar-refractivity contribution in [3.05, 3.63) is 77.4 Å². The number of H-pyrrole nitrogens is 1. The van der Waals surface area contributed by atoms with Crippen molar-refractivity contribution in [2.45, 2.75) is 6.54 Å². The van der Waals surface area contributed by atoms with Crippen LogP contribution in [-0.2, 0) is 18.4 Å². The van der Waals surface area contributed by atoms with Crippen molar-refractivity contribution in [2.24, 2.45) is 7.05 Å². The number of halogens is 1. The molecule has 0 atom stereocenters. The van der Waals surface area contributed by atoms with Crippen molar-refractivity contribution in [3.8, 4) is 0 Å². The molecule has 1 N–H and O–H groups in total. The van der Waals surface area contributed by atoms with E-state index < -0.39 is 0 Å². The number of pyridine rings is 1. The van der Waals surface area contributed by atoms with E-state index in [2.05, 4.69) is 32.2 Å². The van der Waals surface area contributed by atoms with Gasteiger partial charge in [0.05, 0.1) is 18.4 Å². The van der Waals surface area contributed by atoms with Gasteiger partial charge in [0.2, 0.25) is 0 Å². The van der Waals surface area contributed by atoms with Crippen LogP contribution in [0.2, 0.25) is 5.02 Å². The Morgan fingerprint density at radius 1 is 1.30 bits per heavy atom. The first-order valence-corrected chi connectivity index (χ1v) is 9.48. The first kappa shape index (κ1) is 19.5. The van der Waals surface area contributed by atoms with Gasteiger partial charge in [-0.2, -0.15) is 5.21 Å². The summed E-state index contributed by atoms with van der Waals surface area (Å²) < 4.78 is 1.94. The Morgan fingerprint density at radius 3 is 2.80 bits per heavy atom. The average Bonchev–Trinajstić information content (AvgIpc) is 3.38. The van der Waals surface area contributed by atoms with Crippen molar-refractivity contribution < 1.29 is 4.79 Å². The summed E-state index contributed by atoms with van der Waals surface area (Å²) in [4.78, 5) is 18.5. The normalized spacial score (nSPS) is 11.3. The van der Waals surface area contributed by atoms with Gasteiger partial charge in [-0.25, -0.2) is 4.98 Å². The molecule has 0 bridgehead atoms. The number of nitrogens with one attached hydrogen (secondary N) is 1. The van der Waals surface area contributed by atoms with Crippen molar-refractivity contribution in [1.82, 2.24) is 30.2 Å². The highest BCUT2D eigenvalue weighted by Gasteiger charge is 2.18. The summed E-state index contributed by atoms with van der Waals surface area (Å²) in [6.07, 6.45) is 8.90. The lowest BCUT2D eigenvalue weighted by Gasteiger charge is -2.19. The van der Waals surface area contributed by atoms with E-state index in [1.54, 1.807) is 6.20 Å². The Kier molecular flexibility index (Phi) is 5.40. The molecule has 1 amide bonds. The molecular formula is C21H18ClN7O. The van der Waals surface area contributed by atoms with Crippen molar-refractivity contribution in [2.75, 3.05) is 4.90 Å². The highest BCUT2D eigenvalue weighted by molar-refractivity contribution is 6.30. The van der Waals surface area contributed by atoms with Gasteiger partial charge in [-0.1, -0.05) is 47.7 Å². The van der Waals surface area contributed by atoms with Crippen LogP contribution < -0.4 is 4.90 Å². The molecule has 0 aliphatic heterocycles. The molecule has 30 heavy (non-hydrogen) atoms. The summed E-state index contributed by atoms with van der Waals surface area (Å²) in [6, 6.07) is 9.51. The second-order valence-corrected chi connectivity index (χ2v) is 7.04. The number of hydrogen-bond donors (Lipinski definition) is 1. The number of nitrogens with zero attached hydrogens (tertiary/aromatic N) is 6. The molecule has 3 aromatic heterocycles. The van der Waals surface area contributed by atoms with Gasteiger partial charge in [0.15, 0.2) is 5.82 Å².